The number of hydrogen-bond donors (Lipinski definition) is 3. The van der Waals surface area contributed by atoms with Gasteiger partial charge in [0.25, 0.3) is 0 Å². The molecular weight excluding hydrogens is 485 g/mol. The predicted octanol–water partition coefficient (Wildman–Crippen LogP) is 3.95. The van der Waals surface area contributed by atoms with Gasteiger partial charge in [-0.1, -0.05) is 17.7 Å². The van der Waals surface area contributed by atoms with Crippen molar-refractivity contribution in [3.63, 3.8) is 0 Å². The second-order valence-electron chi connectivity index (χ2n) is 9.91. The predicted molar refractivity (Wildman–Crippen MR) is 138 cm³/mol. The van der Waals surface area contributed by atoms with E-state index in [-0.39, 0.29) is 40.8 Å². The number of rotatable bonds is 7. The smallest absolute Gasteiger partial charge is 0.223 e. The van der Waals surface area contributed by atoms with Gasteiger partial charge >= 0.3 is 0 Å². The van der Waals surface area contributed by atoms with Crippen LogP contribution in [-0.4, -0.2) is 51.0 Å². The number of pyridine rings is 1. The summed E-state index contributed by atoms with van der Waals surface area (Å²) in [5.41, 5.74) is 2.46. The van der Waals surface area contributed by atoms with Crippen molar-refractivity contribution in [1.82, 2.24) is 19.9 Å². The van der Waals surface area contributed by atoms with E-state index >= 15 is 4.39 Å². The lowest BCUT2D eigenvalue weighted by atomic mass is 10.0. The molecule has 3 N–H and O–H groups in total. The first-order valence-corrected chi connectivity index (χ1v) is 12.8. The number of nitrogens with zero attached hydrogens (tertiary/aromatic N) is 3. The fourth-order valence-corrected chi connectivity index (χ4v) is 5.16. The minimum atomic E-state index is -0.716. The molecule has 0 spiro atoms. The van der Waals surface area contributed by atoms with E-state index in [1.54, 1.807) is 12.1 Å². The quantitative estimate of drug-likeness (QED) is 0.438. The van der Waals surface area contributed by atoms with Crippen LogP contribution in [0.4, 0.5) is 10.3 Å². The summed E-state index contributed by atoms with van der Waals surface area (Å²) in [6.45, 7) is 7.21. The third kappa shape index (κ3) is 4.72. The highest BCUT2D eigenvalue weighted by Crippen LogP contribution is 2.36. The average Bonchev–Trinajstić information content (AvgIpc) is 3.68. The summed E-state index contributed by atoms with van der Waals surface area (Å²) in [6, 6.07) is 3.52. The maximum absolute atomic E-state index is 15.0. The number of aromatic nitrogens is 3. The van der Waals surface area contributed by atoms with Crippen molar-refractivity contribution in [1.29, 1.82) is 0 Å². The van der Waals surface area contributed by atoms with E-state index in [1.807, 2.05) is 20.8 Å². The molecule has 2 aromatic heterocycles. The van der Waals surface area contributed by atoms with Crippen LogP contribution in [0.2, 0.25) is 5.02 Å². The molecule has 192 valence electrons. The Morgan fingerprint density at radius 3 is 2.78 bits per heavy atom. The number of halogens is 2. The molecule has 1 saturated heterocycles. The van der Waals surface area contributed by atoms with Crippen LogP contribution in [0.1, 0.15) is 50.4 Å². The number of aliphatic hydroxyl groups excluding tert-OH is 1. The zero-order valence-corrected chi connectivity index (χ0v) is 21.4. The van der Waals surface area contributed by atoms with Crippen LogP contribution in [0.5, 0.6) is 0 Å². The number of anilines is 1. The Labute approximate surface area is 213 Å². The van der Waals surface area contributed by atoms with Crippen molar-refractivity contribution in [2.24, 2.45) is 0 Å². The van der Waals surface area contributed by atoms with Gasteiger partial charge in [-0.15, -0.1) is 0 Å². The number of hydrogen-bond acceptors (Lipinski definition) is 7. The molecule has 36 heavy (non-hydrogen) atoms. The van der Waals surface area contributed by atoms with Crippen molar-refractivity contribution in [2.75, 3.05) is 18.5 Å². The molecule has 0 bridgehead atoms. The molecular formula is C26H31ClFN5O3. The molecule has 10 heteroatoms. The Kier molecular flexibility index (Phi) is 7.00. The molecule has 8 nitrogen and oxygen atoms in total. The lowest BCUT2D eigenvalue weighted by Gasteiger charge is -2.28. The summed E-state index contributed by atoms with van der Waals surface area (Å²) in [5.74, 6) is -0.441. The van der Waals surface area contributed by atoms with Gasteiger partial charge in [0.15, 0.2) is 11.2 Å². The highest BCUT2D eigenvalue weighted by Gasteiger charge is 2.27. The van der Waals surface area contributed by atoms with Gasteiger partial charge in [-0.05, 0) is 46.1 Å². The first-order valence-electron chi connectivity index (χ1n) is 12.4. The van der Waals surface area contributed by atoms with E-state index in [0.717, 1.165) is 24.7 Å². The van der Waals surface area contributed by atoms with E-state index in [4.69, 9.17) is 16.3 Å². The molecule has 1 aliphatic heterocycles. The van der Waals surface area contributed by atoms with E-state index < -0.39 is 11.9 Å². The summed E-state index contributed by atoms with van der Waals surface area (Å²) in [5, 5.41) is 17.5. The largest absolute Gasteiger partial charge is 0.389 e. The van der Waals surface area contributed by atoms with Crippen LogP contribution in [0.25, 0.3) is 22.2 Å². The Bertz CT molecular complexity index is 1360. The summed E-state index contributed by atoms with van der Waals surface area (Å²) in [7, 11) is 0. The third-order valence-corrected chi connectivity index (χ3v) is 7.34. The van der Waals surface area contributed by atoms with E-state index in [0.29, 0.717) is 47.6 Å². The van der Waals surface area contributed by atoms with Gasteiger partial charge in [0.1, 0.15) is 5.69 Å². The molecule has 0 unspecified atom stereocenters. The minimum Gasteiger partial charge on any atom is -0.389 e. The molecule has 1 aromatic carbocycles. The van der Waals surface area contributed by atoms with E-state index in [2.05, 4.69) is 25.2 Å². The minimum absolute atomic E-state index is 0.0121. The maximum atomic E-state index is 15.0. The zero-order chi connectivity index (χ0) is 25.6. The fraction of sp³-hybridized carbons (Fsp3) is 0.500. The van der Waals surface area contributed by atoms with Crippen LogP contribution in [0, 0.1) is 12.7 Å². The Balaban J connectivity index is 1.62. The fourth-order valence-electron chi connectivity index (χ4n) is 4.81. The summed E-state index contributed by atoms with van der Waals surface area (Å²) in [6.07, 6.45) is 3.22. The Morgan fingerprint density at radius 2 is 2.08 bits per heavy atom. The topological polar surface area (TPSA) is 101 Å². The lowest BCUT2D eigenvalue weighted by molar-refractivity contribution is -0.0136. The van der Waals surface area contributed by atoms with Gasteiger partial charge in [0.2, 0.25) is 5.95 Å². The molecule has 0 radical (unpaired) electrons. The highest BCUT2D eigenvalue weighted by molar-refractivity contribution is 6.37. The van der Waals surface area contributed by atoms with Crippen molar-refractivity contribution < 1.29 is 14.2 Å². The van der Waals surface area contributed by atoms with Crippen molar-refractivity contribution in [3.05, 3.63) is 50.7 Å². The van der Waals surface area contributed by atoms with Crippen LogP contribution in [0.3, 0.4) is 0 Å². The van der Waals surface area contributed by atoms with Crippen LogP contribution in [-0.2, 0) is 11.3 Å². The number of aliphatic hydroxyl groups is 1. The first-order chi connectivity index (χ1) is 17.3. The summed E-state index contributed by atoms with van der Waals surface area (Å²) >= 11 is 6.95. The molecule has 1 saturated carbocycles. The van der Waals surface area contributed by atoms with Gasteiger partial charge in [0.05, 0.1) is 35.5 Å². The number of nitrogens with one attached hydrogen (secondary N) is 2. The molecule has 2 atom stereocenters. The van der Waals surface area contributed by atoms with E-state index in [1.165, 1.54) is 0 Å². The first kappa shape index (κ1) is 25.1. The molecule has 3 heterocycles. The van der Waals surface area contributed by atoms with Gasteiger partial charge in [0, 0.05) is 47.4 Å². The molecule has 3 aromatic rings. The second kappa shape index (κ2) is 10.0. The van der Waals surface area contributed by atoms with Gasteiger partial charge in [-0.3, -0.25) is 4.79 Å². The second-order valence-corrected chi connectivity index (χ2v) is 10.3. The van der Waals surface area contributed by atoms with Crippen LogP contribution in [0.15, 0.2) is 23.1 Å². The molecule has 5 rings (SSSR count). The molecule has 0 amide bonds. The van der Waals surface area contributed by atoms with Crippen molar-refractivity contribution >= 4 is 28.5 Å². The standard InChI is InChI=1S/C26H31ClFN5O3/c1-13(2)33-20(11-29-15-4-5-15)14(3)25(35)17-7-6-16(22(27)24(17)33)23-18(28)10-30-26(32-23)31-19-8-9-36-12-21(19)34/h6-7,10,13,15,19,21,29,34H,4-5,8-9,11-12H2,1-3H3,(H,30,31,32)/t19-,21-/m1/s1. The molecule has 2 aliphatic rings. The molecule has 1 aliphatic carbocycles. The molecule has 2 fully saturated rings. The number of fused-ring (bicyclic) bond motifs is 1. The van der Waals surface area contributed by atoms with Crippen molar-refractivity contribution in [3.8, 4) is 11.3 Å². The van der Waals surface area contributed by atoms with E-state index in [9.17, 15) is 9.90 Å². The lowest BCUT2D eigenvalue weighted by Crippen LogP contribution is -2.42. The van der Waals surface area contributed by atoms with Crippen LogP contribution < -0.4 is 16.1 Å². The summed E-state index contributed by atoms with van der Waals surface area (Å²) < 4.78 is 22.4. The van der Waals surface area contributed by atoms with Gasteiger partial charge in [-0.25, -0.2) is 14.4 Å². The SMILES string of the molecule is Cc1c(CNC2CC2)n(C(C)C)c2c(Cl)c(-c3nc(N[C@@H]4CCOC[C@H]4O)ncc3F)ccc2c1=O. The normalized spacial score (nSPS) is 20.3. The number of benzene rings is 1. The zero-order valence-electron chi connectivity index (χ0n) is 20.6. The van der Waals surface area contributed by atoms with Gasteiger partial charge in [-0.2, -0.15) is 0 Å². The Hall–Kier alpha value is -2.59. The highest BCUT2D eigenvalue weighted by atomic mass is 35.5. The number of ether oxygens (including phenoxy) is 1. The average molecular weight is 516 g/mol. The van der Waals surface area contributed by atoms with Crippen molar-refractivity contribution in [2.45, 2.75) is 70.8 Å². The maximum Gasteiger partial charge on any atom is 0.223 e. The Morgan fingerprint density at radius 1 is 1.31 bits per heavy atom. The third-order valence-electron chi connectivity index (χ3n) is 6.96. The van der Waals surface area contributed by atoms with Crippen LogP contribution >= 0.6 is 11.6 Å². The summed E-state index contributed by atoms with van der Waals surface area (Å²) in [4.78, 5) is 21.8. The monoisotopic (exact) mass is 515 g/mol. The van der Waals surface area contributed by atoms with Gasteiger partial charge < -0.3 is 25.0 Å².